The van der Waals surface area contributed by atoms with E-state index in [-0.39, 0.29) is 0 Å². The third kappa shape index (κ3) is 3.24. The molecular formula is C16H23N3. The minimum Gasteiger partial charge on any atom is -0.331 e. The van der Waals surface area contributed by atoms with Gasteiger partial charge in [0.05, 0.1) is 0 Å². The molecule has 0 saturated carbocycles. The van der Waals surface area contributed by atoms with Crippen molar-refractivity contribution in [2.24, 2.45) is 0 Å². The summed E-state index contributed by atoms with van der Waals surface area (Å²) in [6.45, 7) is 9.44. The first-order valence-corrected chi connectivity index (χ1v) is 7.08. The quantitative estimate of drug-likeness (QED) is 0.859. The average molecular weight is 257 g/mol. The normalized spacial score (nSPS) is 10.9. The highest BCUT2D eigenvalue weighted by molar-refractivity contribution is 5.61. The van der Waals surface area contributed by atoms with Crippen LogP contribution in [-0.2, 0) is 13.1 Å². The average Bonchev–Trinajstić information content (AvgIpc) is 2.85. The highest BCUT2D eigenvalue weighted by Gasteiger charge is 2.08. The first-order chi connectivity index (χ1) is 9.26. The maximum Gasteiger partial charge on any atom is 0.140 e. The highest BCUT2D eigenvalue weighted by Crippen LogP contribution is 2.23. The molecule has 2 aromatic rings. The molecule has 0 fully saturated rings. The van der Waals surface area contributed by atoms with Gasteiger partial charge in [0.25, 0.3) is 0 Å². The Kier molecular flexibility index (Phi) is 4.74. The molecular weight excluding hydrogens is 234 g/mol. The smallest absolute Gasteiger partial charge is 0.140 e. The second-order valence-corrected chi connectivity index (χ2v) is 4.87. The molecule has 1 N–H and O–H groups in total. The Bertz CT molecular complexity index is 529. The predicted octanol–water partition coefficient (Wildman–Crippen LogP) is 3.38. The molecule has 1 heterocycles. The first-order valence-electron chi connectivity index (χ1n) is 7.08. The van der Waals surface area contributed by atoms with Crippen molar-refractivity contribution in [2.45, 2.75) is 40.3 Å². The van der Waals surface area contributed by atoms with Crippen LogP contribution in [0.15, 0.2) is 30.6 Å². The zero-order chi connectivity index (χ0) is 13.7. The summed E-state index contributed by atoms with van der Waals surface area (Å²) in [4.78, 5) is 4.51. The maximum atomic E-state index is 4.51. The van der Waals surface area contributed by atoms with Gasteiger partial charge in [-0.1, -0.05) is 32.0 Å². The lowest BCUT2D eigenvalue weighted by molar-refractivity contribution is 0.685. The molecule has 0 bridgehead atoms. The summed E-state index contributed by atoms with van der Waals surface area (Å²) in [5.74, 6) is 1.08. The zero-order valence-electron chi connectivity index (χ0n) is 12.1. The van der Waals surface area contributed by atoms with Crippen molar-refractivity contribution in [2.75, 3.05) is 6.54 Å². The summed E-state index contributed by atoms with van der Waals surface area (Å²) in [5.41, 5.74) is 3.86. The minimum absolute atomic E-state index is 0.932. The number of imidazole rings is 1. The van der Waals surface area contributed by atoms with Crippen LogP contribution in [0.2, 0.25) is 0 Å². The Morgan fingerprint density at radius 1 is 1.26 bits per heavy atom. The fourth-order valence-electron chi connectivity index (χ4n) is 2.33. The number of nitrogens with zero attached hydrogens (tertiary/aromatic N) is 2. The van der Waals surface area contributed by atoms with E-state index >= 15 is 0 Å². The SMILES string of the molecule is CCCn1ccnc1-c1ccc(CNCC)cc1C. The van der Waals surface area contributed by atoms with Gasteiger partial charge >= 0.3 is 0 Å². The van der Waals surface area contributed by atoms with E-state index in [1.165, 1.54) is 16.7 Å². The standard InChI is InChI=1S/C16H23N3/c1-4-9-19-10-8-18-16(19)15-7-6-14(11-13(15)3)12-17-5-2/h6-8,10-11,17H,4-5,9,12H2,1-3H3. The molecule has 0 saturated heterocycles. The van der Waals surface area contributed by atoms with Crippen molar-refractivity contribution < 1.29 is 0 Å². The van der Waals surface area contributed by atoms with Crippen LogP contribution in [0, 0.1) is 6.92 Å². The maximum absolute atomic E-state index is 4.51. The second-order valence-electron chi connectivity index (χ2n) is 4.87. The molecule has 0 atom stereocenters. The summed E-state index contributed by atoms with van der Waals surface area (Å²) >= 11 is 0. The van der Waals surface area contributed by atoms with Crippen LogP contribution in [0.5, 0.6) is 0 Å². The summed E-state index contributed by atoms with van der Waals surface area (Å²) in [7, 11) is 0. The largest absolute Gasteiger partial charge is 0.331 e. The molecule has 19 heavy (non-hydrogen) atoms. The zero-order valence-corrected chi connectivity index (χ0v) is 12.1. The molecule has 0 aliphatic carbocycles. The summed E-state index contributed by atoms with van der Waals surface area (Å²) in [6.07, 6.45) is 5.07. The minimum atomic E-state index is 0.932. The Balaban J connectivity index is 2.27. The van der Waals surface area contributed by atoms with Crippen molar-refractivity contribution >= 4 is 0 Å². The van der Waals surface area contributed by atoms with Crippen LogP contribution in [0.3, 0.4) is 0 Å². The molecule has 0 radical (unpaired) electrons. The van der Waals surface area contributed by atoms with Crippen LogP contribution in [0.4, 0.5) is 0 Å². The molecule has 1 aromatic carbocycles. The fourth-order valence-corrected chi connectivity index (χ4v) is 2.33. The predicted molar refractivity (Wildman–Crippen MR) is 80.1 cm³/mol. The van der Waals surface area contributed by atoms with E-state index in [0.29, 0.717) is 0 Å². The monoisotopic (exact) mass is 257 g/mol. The van der Waals surface area contributed by atoms with Crippen molar-refractivity contribution in [1.82, 2.24) is 14.9 Å². The number of rotatable bonds is 6. The van der Waals surface area contributed by atoms with Crippen LogP contribution in [0.25, 0.3) is 11.4 Å². The van der Waals surface area contributed by atoms with Crippen molar-refractivity contribution in [3.05, 3.63) is 41.7 Å². The summed E-state index contributed by atoms with van der Waals surface area (Å²) in [6, 6.07) is 6.63. The van der Waals surface area contributed by atoms with Gasteiger partial charge in [0.1, 0.15) is 5.82 Å². The van der Waals surface area contributed by atoms with Gasteiger partial charge < -0.3 is 9.88 Å². The molecule has 2 rings (SSSR count). The first kappa shape index (κ1) is 13.8. The van der Waals surface area contributed by atoms with E-state index in [1.54, 1.807) is 0 Å². The number of aryl methyl sites for hydroxylation is 2. The van der Waals surface area contributed by atoms with Crippen molar-refractivity contribution in [1.29, 1.82) is 0 Å². The Morgan fingerprint density at radius 3 is 2.79 bits per heavy atom. The van der Waals surface area contributed by atoms with Crippen LogP contribution >= 0.6 is 0 Å². The lowest BCUT2D eigenvalue weighted by Crippen LogP contribution is -2.11. The summed E-state index contributed by atoms with van der Waals surface area (Å²) in [5, 5.41) is 3.36. The van der Waals surface area contributed by atoms with E-state index in [9.17, 15) is 0 Å². The van der Waals surface area contributed by atoms with Crippen molar-refractivity contribution in [3.63, 3.8) is 0 Å². The molecule has 0 amide bonds. The molecule has 3 heteroatoms. The fraction of sp³-hybridized carbons (Fsp3) is 0.438. The lowest BCUT2D eigenvalue weighted by atomic mass is 10.0. The molecule has 0 unspecified atom stereocenters. The van der Waals surface area contributed by atoms with E-state index in [1.807, 2.05) is 6.20 Å². The van der Waals surface area contributed by atoms with Gasteiger partial charge in [-0.2, -0.15) is 0 Å². The third-order valence-electron chi connectivity index (χ3n) is 3.29. The van der Waals surface area contributed by atoms with E-state index in [2.05, 4.69) is 60.0 Å². The number of nitrogens with one attached hydrogen (secondary N) is 1. The third-order valence-corrected chi connectivity index (χ3v) is 3.29. The van der Waals surface area contributed by atoms with Crippen LogP contribution in [-0.4, -0.2) is 16.1 Å². The van der Waals surface area contributed by atoms with Gasteiger partial charge in [-0.15, -0.1) is 0 Å². The molecule has 0 aliphatic rings. The molecule has 1 aromatic heterocycles. The van der Waals surface area contributed by atoms with Gasteiger partial charge in [-0.3, -0.25) is 0 Å². The van der Waals surface area contributed by atoms with Crippen LogP contribution in [0.1, 0.15) is 31.4 Å². The molecule has 3 nitrogen and oxygen atoms in total. The van der Waals surface area contributed by atoms with Gasteiger partial charge in [-0.05, 0) is 31.0 Å². The van der Waals surface area contributed by atoms with Gasteiger partial charge in [-0.25, -0.2) is 4.98 Å². The van der Waals surface area contributed by atoms with Gasteiger partial charge in [0.2, 0.25) is 0 Å². The van der Waals surface area contributed by atoms with E-state index in [4.69, 9.17) is 0 Å². The molecule has 0 spiro atoms. The van der Waals surface area contributed by atoms with Gasteiger partial charge in [0.15, 0.2) is 0 Å². The second kappa shape index (κ2) is 6.53. The number of hydrogen-bond acceptors (Lipinski definition) is 2. The van der Waals surface area contributed by atoms with E-state index in [0.717, 1.165) is 31.9 Å². The van der Waals surface area contributed by atoms with Crippen molar-refractivity contribution in [3.8, 4) is 11.4 Å². The Labute approximate surface area is 115 Å². The molecule has 102 valence electrons. The number of benzene rings is 1. The highest BCUT2D eigenvalue weighted by atomic mass is 15.1. The number of aromatic nitrogens is 2. The van der Waals surface area contributed by atoms with E-state index < -0.39 is 0 Å². The molecule has 0 aliphatic heterocycles. The topological polar surface area (TPSA) is 29.9 Å². The number of hydrogen-bond donors (Lipinski definition) is 1. The van der Waals surface area contributed by atoms with Gasteiger partial charge in [0, 0.05) is 31.0 Å². The van der Waals surface area contributed by atoms with Crippen LogP contribution < -0.4 is 5.32 Å². The Morgan fingerprint density at radius 2 is 2.11 bits per heavy atom. The summed E-state index contributed by atoms with van der Waals surface area (Å²) < 4.78 is 2.23. The Hall–Kier alpha value is -1.61. The lowest BCUT2D eigenvalue weighted by Gasteiger charge is -2.11.